The molecule has 0 aliphatic rings. The van der Waals surface area contributed by atoms with Crippen LogP contribution >= 0.6 is 0 Å². The van der Waals surface area contributed by atoms with Crippen molar-refractivity contribution in [2.24, 2.45) is 0 Å². The Balaban J connectivity index is 2.52. The van der Waals surface area contributed by atoms with E-state index in [1.165, 1.54) is 12.1 Å². The number of hydrogen-bond acceptors (Lipinski definition) is 3. The van der Waals surface area contributed by atoms with Gasteiger partial charge in [0.2, 0.25) is 0 Å². The van der Waals surface area contributed by atoms with Crippen molar-refractivity contribution in [3.8, 4) is 0 Å². The Bertz CT molecular complexity index is 494. The molecule has 110 valence electrons. The highest BCUT2D eigenvalue weighted by atomic mass is 19.1. The Labute approximate surface area is 116 Å². The number of carboxylic acids is 1. The number of urea groups is 1. The van der Waals surface area contributed by atoms with Gasteiger partial charge in [0.05, 0.1) is 11.3 Å². The van der Waals surface area contributed by atoms with Gasteiger partial charge in [-0.3, -0.25) is 0 Å². The van der Waals surface area contributed by atoms with Crippen molar-refractivity contribution in [3.05, 3.63) is 29.6 Å². The predicted octanol–water partition coefficient (Wildman–Crippen LogP) is 1.60. The lowest BCUT2D eigenvalue weighted by Gasteiger charge is -2.14. The number of carbonyl (C=O) groups is 2. The molecule has 2 amide bonds. The summed E-state index contributed by atoms with van der Waals surface area (Å²) in [7, 11) is 1.92. The lowest BCUT2D eigenvalue weighted by atomic mass is 10.2. The highest BCUT2D eigenvalue weighted by Gasteiger charge is 2.10. The number of nitrogens with zero attached hydrogens (tertiary/aromatic N) is 1. The lowest BCUT2D eigenvalue weighted by Crippen LogP contribution is -2.35. The molecule has 1 aromatic rings. The number of carboxylic acid groups (broad SMARTS) is 1. The van der Waals surface area contributed by atoms with Gasteiger partial charge in [0, 0.05) is 13.1 Å². The zero-order valence-electron chi connectivity index (χ0n) is 11.4. The summed E-state index contributed by atoms with van der Waals surface area (Å²) in [6, 6.07) is 2.78. The van der Waals surface area contributed by atoms with Gasteiger partial charge < -0.3 is 20.6 Å². The minimum Gasteiger partial charge on any atom is -0.478 e. The van der Waals surface area contributed by atoms with Crippen LogP contribution in [-0.4, -0.2) is 48.7 Å². The maximum atomic E-state index is 13.6. The summed E-state index contributed by atoms with van der Waals surface area (Å²) in [5.74, 6) is -2.01. The summed E-state index contributed by atoms with van der Waals surface area (Å²) in [6.07, 6.45) is 0. The van der Waals surface area contributed by atoms with E-state index >= 15 is 0 Å². The fourth-order valence-corrected chi connectivity index (χ4v) is 1.43. The summed E-state index contributed by atoms with van der Waals surface area (Å²) in [4.78, 5) is 24.2. The van der Waals surface area contributed by atoms with Gasteiger partial charge in [-0.1, -0.05) is 6.92 Å². The number of likely N-dealkylation sites (N-methyl/N-ethyl adjacent to an activating group) is 1. The van der Waals surface area contributed by atoms with E-state index in [1.807, 2.05) is 18.9 Å². The van der Waals surface area contributed by atoms with Crippen LogP contribution < -0.4 is 10.6 Å². The highest BCUT2D eigenvalue weighted by Crippen LogP contribution is 2.15. The maximum Gasteiger partial charge on any atom is 0.335 e. The largest absolute Gasteiger partial charge is 0.478 e. The van der Waals surface area contributed by atoms with Gasteiger partial charge in [-0.05, 0) is 31.8 Å². The summed E-state index contributed by atoms with van der Waals surface area (Å²) in [6.45, 7) is 3.99. The van der Waals surface area contributed by atoms with Crippen LogP contribution in [0.25, 0.3) is 0 Å². The molecule has 6 nitrogen and oxygen atoms in total. The van der Waals surface area contributed by atoms with Crippen molar-refractivity contribution in [1.29, 1.82) is 0 Å². The van der Waals surface area contributed by atoms with Crippen LogP contribution in [0.15, 0.2) is 18.2 Å². The number of nitrogens with one attached hydrogen (secondary N) is 2. The van der Waals surface area contributed by atoms with Crippen LogP contribution in [0.5, 0.6) is 0 Å². The average Bonchev–Trinajstić information content (AvgIpc) is 2.40. The van der Waals surface area contributed by atoms with Crippen LogP contribution in [0.4, 0.5) is 14.9 Å². The van der Waals surface area contributed by atoms with Gasteiger partial charge in [0.15, 0.2) is 0 Å². The molecule has 3 N–H and O–H groups in total. The first kappa shape index (κ1) is 15.9. The molecule has 0 aromatic heterocycles. The third-order valence-electron chi connectivity index (χ3n) is 2.78. The van der Waals surface area contributed by atoms with E-state index in [9.17, 15) is 14.0 Å². The Morgan fingerprint density at radius 3 is 2.65 bits per heavy atom. The molecule has 0 heterocycles. The summed E-state index contributed by atoms with van der Waals surface area (Å²) >= 11 is 0. The second kappa shape index (κ2) is 7.44. The lowest BCUT2D eigenvalue weighted by molar-refractivity contribution is 0.0696. The zero-order chi connectivity index (χ0) is 15.1. The molecule has 0 atom stereocenters. The minimum absolute atomic E-state index is 0.0589. The Morgan fingerprint density at radius 2 is 2.10 bits per heavy atom. The van der Waals surface area contributed by atoms with E-state index in [-0.39, 0.29) is 11.3 Å². The molecule has 0 aliphatic heterocycles. The number of rotatable bonds is 6. The number of amides is 2. The van der Waals surface area contributed by atoms with Gasteiger partial charge in [0.25, 0.3) is 0 Å². The topological polar surface area (TPSA) is 81.7 Å². The van der Waals surface area contributed by atoms with Crippen LogP contribution in [0, 0.1) is 5.82 Å². The van der Waals surface area contributed by atoms with Crippen molar-refractivity contribution in [1.82, 2.24) is 10.2 Å². The number of hydrogen-bond donors (Lipinski definition) is 3. The second-order valence-corrected chi connectivity index (χ2v) is 4.28. The fourth-order valence-electron chi connectivity index (χ4n) is 1.43. The van der Waals surface area contributed by atoms with E-state index in [4.69, 9.17) is 5.11 Å². The first-order valence-corrected chi connectivity index (χ1v) is 6.20. The smallest absolute Gasteiger partial charge is 0.335 e. The van der Waals surface area contributed by atoms with Crippen molar-refractivity contribution in [3.63, 3.8) is 0 Å². The maximum absolute atomic E-state index is 13.6. The predicted molar refractivity (Wildman–Crippen MR) is 73.6 cm³/mol. The molecule has 0 saturated carbocycles. The molecule has 20 heavy (non-hydrogen) atoms. The van der Waals surface area contributed by atoms with Gasteiger partial charge in [-0.15, -0.1) is 0 Å². The number of anilines is 1. The molecule has 0 spiro atoms. The third kappa shape index (κ3) is 4.85. The first-order chi connectivity index (χ1) is 9.43. The molecule has 0 bridgehead atoms. The molecule has 0 saturated heterocycles. The Kier molecular flexibility index (Phi) is 5.92. The van der Waals surface area contributed by atoms with E-state index < -0.39 is 17.8 Å². The molecule has 0 unspecified atom stereocenters. The second-order valence-electron chi connectivity index (χ2n) is 4.28. The molecule has 0 fully saturated rings. The SMILES string of the molecule is CCN(C)CCNC(=O)Nc1ccc(C(=O)O)cc1F. The minimum atomic E-state index is -1.22. The average molecular weight is 283 g/mol. The number of aromatic carboxylic acids is 1. The van der Waals surface area contributed by atoms with Crippen LogP contribution in [0.2, 0.25) is 0 Å². The molecule has 7 heteroatoms. The quantitative estimate of drug-likeness (QED) is 0.740. The van der Waals surface area contributed by atoms with Gasteiger partial charge >= 0.3 is 12.0 Å². The zero-order valence-corrected chi connectivity index (χ0v) is 11.4. The number of carbonyl (C=O) groups excluding carboxylic acids is 1. The summed E-state index contributed by atoms with van der Waals surface area (Å²) < 4.78 is 13.6. The van der Waals surface area contributed by atoms with Crippen LogP contribution in [-0.2, 0) is 0 Å². The van der Waals surface area contributed by atoms with E-state index in [0.29, 0.717) is 13.1 Å². The number of benzene rings is 1. The van der Waals surface area contributed by atoms with Crippen molar-refractivity contribution < 1.29 is 19.1 Å². The Morgan fingerprint density at radius 1 is 1.40 bits per heavy atom. The third-order valence-corrected chi connectivity index (χ3v) is 2.78. The molecular formula is C13H18FN3O3. The van der Waals surface area contributed by atoms with Crippen LogP contribution in [0.1, 0.15) is 17.3 Å². The standard InChI is InChI=1S/C13H18FN3O3/c1-3-17(2)7-6-15-13(20)16-11-5-4-9(12(18)19)8-10(11)14/h4-5,8H,3,6-7H2,1-2H3,(H,18,19)(H2,15,16,20). The van der Waals surface area contributed by atoms with Crippen molar-refractivity contribution in [2.75, 3.05) is 32.0 Å². The highest BCUT2D eigenvalue weighted by molar-refractivity contribution is 5.91. The Hall–Kier alpha value is -2.15. The van der Waals surface area contributed by atoms with Gasteiger partial charge in [0.1, 0.15) is 5.82 Å². The summed E-state index contributed by atoms with van der Waals surface area (Å²) in [5, 5.41) is 13.6. The summed E-state index contributed by atoms with van der Waals surface area (Å²) in [5.41, 5.74) is -0.227. The van der Waals surface area contributed by atoms with Gasteiger partial charge in [-0.25, -0.2) is 14.0 Å². The van der Waals surface area contributed by atoms with E-state index in [0.717, 1.165) is 12.6 Å². The fraction of sp³-hybridized carbons (Fsp3) is 0.385. The molecule has 0 aliphatic carbocycles. The molecule has 1 aromatic carbocycles. The van der Waals surface area contributed by atoms with E-state index in [1.54, 1.807) is 0 Å². The van der Waals surface area contributed by atoms with Crippen molar-refractivity contribution in [2.45, 2.75) is 6.92 Å². The van der Waals surface area contributed by atoms with Gasteiger partial charge in [-0.2, -0.15) is 0 Å². The van der Waals surface area contributed by atoms with Crippen molar-refractivity contribution >= 4 is 17.7 Å². The molecule has 1 rings (SSSR count). The first-order valence-electron chi connectivity index (χ1n) is 6.20. The van der Waals surface area contributed by atoms with E-state index in [2.05, 4.69) is 10.6 Å². The molecular weight excluding hydrogens is 265 g/mol. The molecule has 0 radical (unpaired) electrons. The monoisotopic (exact) mass is 283 g/mol. The normalized spacial score (nSPS) is 10.4. The number of halogens is 1. The van der Waals surface area contributed by atoms with Crippen LogP contribution in [0.3, 0.4) is 0 Å².